The molecule has 0 saturated carbocycles. The van der Waals surface area contributed by atoms with Crippen LogP contribution in [0, 0.1) is 0 Å². The fourth-order valence-corrected chi connectivity index (χ4v) is 2.32. The lowest BCUT2D eigenvalue weighted by Crippen LogP contribution is -2.21. The molecule has 0 unspecified atom stereocenters. The molecule has 6 heteroatoms. The summed E-state index contributed by atoms with van der Waals surface area (Å²) < 4.78 is 1.15. The second-order valence-corrected chi connectivity index (χ2v) is 4.61. The molecule has 0 bridgehead atoms. The summed E-state index contributed by atoms with van der Waals surface area (Å²) in [6.07, 6.45) is 0. The number of carboxylic acids is 1. The first-order valence-electron chi connectivity index (χ1n) is 4.10. The molecule has 3 N–H and O–H groups in total. The molecule has 0 aliphatic heterocycles. The van der Waals surface area contributed by atoms with E-state index in [1.54, 1.807) is 12.1 Å². The highest BCUT2D eigenvalue weighted by Crippen LogP contribution is 2.33. The van der Waals surface area contributed by atoms with Gasteiger partial charge in [-0.25, -0.2) is 0 Å². The van der Waals surface area contributed by atoms with E-state index in [0.717, 1.165) is 5.56 Å². The molecular weight excluding hydrogens is 330 g/mol. The van der Waals surface area contributed by atoms with E-state index in [2.05, 4.69) is 37.2 Å². The van der Waals surface area contributed by atoms with Gasteiger partial charge in [0, 0.05) is 6.54 Å². The van der Waals surface area contributed by atoms with E-state index in [1.165, 1.54) is 0 Å². The quantitative estimate of drug-likeness (QED) is 0.786. The smallest absolute Gasteiger partial charge is 0.317 e. The Balaban J connectivity index is 2.66. The minimum absolute atomic E-state index is 0.0872. The molecule has 0 aliphatic rings. The Morgan fingerprint density at radius 2 is 1.87 bits per heavy atom. The van der Waals surface area contributed by atoms with E-state index in [0.29, 0.717) is 15.5 Å². The van der Waals surface area contributed by atoms with Gasteiger partial charge in [-0.05, 0) is 49.6 Å². The van der Waals surface area contributed by atoms with E-state index in [9.17, 15) is 9.90 Å². The first-order valence-corrected chi connectivity index (χ1v) is 5.68. The van der Waals surface area contributed by atoms with Crippen molar-refractivity contribution >= 4 is 37.8 Å². The van der Waals surface area contributed by atoms with Crippen molar-refractivity contribution in [2.45, 2.75) is 6.54 Å². The van der Waals surface area contributed by atoms with Crippen LogP contribution in [-0.4, -0.2) is 22.7 Å². The average Bonchev–Trinajstić information content (AvgIpc) is 2.13. The van der Waals surface area contributed by atoms with Crippen molar-refractivity contribution in [1.82, 2.24) is 5.32 Å². The normalized spacial score (nSPS) is 10.3. The van der Waals surface area contributed by atoms with Crippen LogP contribution in [0.3, 0.4) is 0 Å². The van der Waals surface area contributed by atoms with Gasteiger partial charge in [-0.2, -0.15) is 0 Å². The molecule has 0 amide bonds. The summed E-state index contributed by atoms with van der Waals surface area (Å²) in [5, 5.41) is 20.6. The maximum absolute atomic E-state index is 10.3. The highest BCUT2D eigenvalue weighted by atomic mass is 79.9. The molecule has 0 aliphatic carbocycles. The third-order valence-electron chi connectivity index (χ3n) is 1.68. The minimum Gasteiger partial charge on any atom is -0.506 e. The molecule has 0 aromatic heterocycles. The first-order chi connectivity index (χ1) is 7.00. The zero-order chi connectivity index (χ0) is 11.4. The van der Waals surface area contributed by atoms with E-state index >= 15 is 0 Å². The SMILES string of the molecule is O=C(O)CNCc1cc(Br)c(O)c(Br)c1. The summed E-state index contributed by atoms with van der Waals surface area (Å²) >= 11 is 6.39. The van der Waals surface area contributed by atoms with Gasteiger partial charge in [-0.1, -0.05) is 0 Å². The largest absolute Gasteiger partial charge is 0.506 e. The van der Waals surface area contributed by atoms with Crippen LogP contribution in [-0.2, 0) is 11.3 Å². The molecule has 0 saturated heterocycles. The molecule has 0 radical (unpaired) electrons. The number of hydrogen-bond acceptors (Lipinski definition) is 3. The van der Waals surface area contributed by atoms with Gasteiger partial charge in [0.2, 0.25) is 0 Å². The lowest BCUT2D eigenvalue weighted by molar-refractivity contribution is -0.135. The van der Waals surface area contributed by atoms with Gasteiger partial charge in [0.15, 0.2) is 0 Å². The molecule has 0 spiro atoms. The van der Waals surface area contributed by atoms with E-state index in [-0.39, 0.29) is 12.3 Å². The molecule has 82 valence electrons. The second-order valence-electron chi connectivity index (χ2n) is 2.91. The molecule has 0 heterocycles. The van der Waals surface area contributed by atoms with Crippen molar-refractivity contribution < 1.29 is 15.0 Å². The zero-order valence-electron chi connectivity index (χ0n) is 7.63. The number of benzene rings is 1. The highest BCUT2D eigenvalue weighted by molar-refractivity contribution is 9.11. The maximum atomic E-state index is 10.3. The Morgan fingerprint density at radius 1 is 1.33 bits per heavy atom. The molecule has 1 aromatic rings. The summed E-state index contributed by atoms with van der Waals surface area (Å²) in [5.74, 6) is -0.760. The predicted octanol–water partition coefficient (Wildman–Crippen LogP) is 2.09. The van der Waals surface area contributed by atoms with Gasteiger partial charge in [-0.3, -0.25) is 4.79 Å². The first kappa shape index (κ1) is 12.5. The third kappa shape index (κ3) is 3.81. The van der Waals surface area contributed by atoms with E-state index in [4.69, 9.17) is 5.11 Å². The van der Waals surface area contributed by atoms with Gasteiger partial charge in [-0.15, -0.1) is 0 Å². The number of rotatable bonds is 4. The second kappa shape index (κ2) is 5.48. The zero-order valence-corrected chi connectivity index (χ0v) is 10.8. The van der Waals surface area contributed by atoms with E-state index in [1.807, 2.05) is 0 Å². The Hall–Kier alpha value is -0.590. The molecular formula is C9H9Br2NO3. The lowest BCUT2D eigenvalue weighted by atomic mass is 10.2. The molecule has 1 rings (SSSR count). The fourth-order valence-electron chi connectivity index (χ4n) is 1.03. The van der Waals surface area contributed by atoms with Crippen molar-refractivity contribution in [3.63, 3.8) is 0 Å². The minimum atomic E-state index is -0.896. The summed E-state index contributed by atoms with van der Waals surface area (Å²) in [6.45, 7) is 0.347. The number of nitrogens with one attached hydrogen (secondary N) is 1. The molecule has 15 heavy (non-hydrogen) atoms. The van der Waals surface area contributed by atoms with Gasteiger partial charge in [0.05, 0.1) is 15.5 Å². The Morgan fingerprint density at radius 3 is 2.33 bits per heavy atom. The number of phenols is 1. The van der Waals surface area contributed by atoms with Crippen LogP contribution in [0.2, 0.25) is 0 Å². The van der Waals surface area contributed by atoms with Gasteiger partial charge < -0.3 is 15.5 Å². The summed E-state index contributed by atoms with van der Waals surface area (Å²) in [4.78, 5) is 10.3. The molecule has 4 nitrogen and oxygen atoms in total. The van der Waals surface area contributed by atoms with Crippen molar-refractivity contribution in [3.8, 4) is 5.75 Å². The third-order valence-corrected chi connectivity index (χ3v) is 2.89. The van der Waals surface area contributed by atoms with Crippen LogP contribution < -0.4 is 5.32 Å². The standard InChI is InChI=1S/C9H9Br2NO3/c10-6-1-5(2-7(11)9(6)15)3-12-4-8(13)14/h1-2,12,15H,3-4H2,(H,13,14). The van der Waals surface area contributed by atoms with Crippen molar-refractivity contribution in [1.29, 1.82) is 0 Å². The van der Waals surface area contributed by atoms with Crippen LogP contribution in [0.4, 0.5) is 0 Å². The van der Waals surface area contributed by atoms with Crippen LogP contribution in [0.15, 0.2) is 21.1 Å². The number of hydrogen-bond donors (Lipinski definition) is 3. The average molecular weight is 339 g/mol. The monoisotopic (exact) mass is 337 g/mol. The number of carboxylic acid groups (broad SMARTS) is 1. The van der Waals surface area contributed by atoms with Gasteiger partial charge in [0.1, 0.15) is 5.75 Å². The highest BCUT2D eigenvalue weighted by Gasteiger charge is 2.05. The summed E-state index contributed by atoms with van der Waals surface area (Å²) in [5.41, 5.74) is 0.882. The van der Waals surface area contributed by atoms with Crippen LogP contribution in [0.25, 0.3) is 0 Å². The van der Waals surface area contributed by atoms with Gasteiger partial charge in [0.25, 0.3) is 0 Å². The summed E-state index contributed by atoms with van der Waals surface area (Å²) in [7, 11) is 0. The number of phenolic OH excluding ortho intramolecular Hbond substituents is 1. The van der Waals surface area contributed by atoms with E-state index < -0.39 is 5.97 Å². The topological polar surface area (TPSA) is 69.6 Å². The number of carbonyl (C=O) groups is 1. The van der Waals surface area contributed by atoms with Crippen molar-refractivity contribution in [3.05, 3.63) is 26.6 Å². The number of aromatic hydroxyl groups is 1. The van der Waals surface area contributed by atoms with Crippen LogP contribution in [0.1, 0.15) is 5.56 Å². The maximum Gasteiger partial charge on any atom is 0.317 e. The Bertz CT molecular complexity index is 359. The molecule has 0 fully saturated rings. The number of halogens is 2. The fraction of sp³-hybridized carbons (Fsp3) is 0.222. The Kier molecular flexibility index (Phi) is 4.56. The van der Waals surface area contributed by atoms with Crippen molar-refractivity contribution in [2.75, 3.05) is 6.54 Å². The van der Waals surface area contributed by atoms with Crippen LogP contribution in [0.5, 0.6) is 5.75 Å². The molecule has 1 aromatic carbocycles. The Labute approximate surface area is 104 Å². The van der Waals surface area contributed by atoms with Gasteiger partial charge >= 0.3 is 5.97 Å². The molecule has 0 atom stereocenters. The number of aliphatic carboxylic acids is 1. The van der Waals surface area contributed by atoms with Crippen LogP contribution >= 0.6 is 31.9 Å². The predicted molar refractivity (Wildman–Crippen MR) is 62.8 cm³/mol. The lowest BCUT2D eigenvalue weighted by Gasteiger charge is -2.06. The van der Waals surface area contributed by atoms with Crippen molar-refractivity contribution in [2.24, 2.45) is 0 Å². The summed E-state index contributed by atoms with van der Waals surface area (Å²) in [6, 6.07) is 3.46.